The molecule has 0 aliphatic carbocycles. The minimum absolute atomic E-state index is 0.0164. The van der Waals surface area contributed by atoms with Crippen molar-refractivity contribution >= 4 is 17.2 Å². The van der Waals surface area contributed by atoms with Gasteiger partial charge in [-0.15, -0.1) is 11.3 Å². The molecule has 1 aliphatic rings. The summed E-state index contributed by atoms with van der Waals surface area (Å²) in [6, 6.07) is 17.8. The molecule has 0 unspecified atom stereocenters. The summed E-state index contributed by atoms with van der Waals surface area (Å²) in [5.74, 6) is 0.174. The van der Waals surface area contributed by atoms with Gasteiger partial charge in [0.15, 0.2) is 0 Å². The van der Waals surface area contributed by atoms with Gasteiger partial charge in [-0.25, -0.2) is 4.39 Å². The molecule has 1 aliphatic heterocycles. The Morgan fingerprint density at radius 2 is 2.06 bits per heavy atom. The first kappa shape index (κ1) is 21.5. The summed E-state index contributed by atoms with van der Waals surface area (Å²) in [5, 5.41) is 2.06. The van der Waals surface area contributed by atoms with Crippen LogP contribution in [-0.2, 0) is 17.7 Å². The van der Waals surface area contributed by atoms with E-state index in [1.807, 2.05) is 30.3 Å². The Morgan fingerprint density at radius 3 is 2.84 bits per heavy atom. The predicted molar refractivity (Wildman–Crippen MR) is 120 cm³/mol. The maximum absolute atomic E-state index is 13.7. The highest BCUT2D eigenvalue weighted by atomic mass is 32.1. The minimum Gasteiger partial charge on any atom is -0.493 e. The van der Waals surface area contributed by atoms with Crippen molar-refractivity contribution in [2.75, 3.05) is 19.8 Å². The Bertz CT molecular complexity index is 986. The monoisotopic (exact) mass is 439 g/mol. The van der Waals surface area contributed by atoms with Gasteiger partial charge in [-0.1, -0.05) is 24.3 Å². The SMILES string of the molecule is O=C(c1cccc(F)c1)N(Cc1cccc(OCCc2cccs2)c1)C[C@@H]1CCCO1. The Kier molecular flexibility index (Phi) is 7.33. The van der Waals surface area contributed by atoms with Gasteiger partial charge in [-0.3, -0.25) is 4.79 Å². The summed E-state index contributed by atoms with van der Waals surface area (Å²) in [5.41, 5.74) is 1.32. The second-order valence-corrected chi connectivity index (χ2v) is 8.69. The molecular weight excluding hydrogens is 413 g/mol. The van der Waals surface area contributed by atoms with Gasteiger partial charge in [-0.05, 0) is 60.2 Å². The first-order valence-electron chi connectivity index (χ1n) is 10.6. The molecule has 0 bridgehead atoms. The molecule has 162 valence electrons. The Balaban J connectivity index is 1.44. The van der Waals surface area contributed by atoms with Crippen LogP contribution < -0.4 is 4.74 Å². The molecule has 1 fully saturated rings. The standard InChI is InChI=1S/C25H26FNO3S/c26-21-7-2-6-20(16-21)25(28)27(18-23-9-3-12-29-23)17-19-5-1-8-22(15-19)30-13-11-24-10-4-14-31-24/h1-2,4-8,10,14-16,23H,3,9,11-13,17-18H2/t23-/m0/s1. The second kappa shape index (κ2) is 10.6. The van der Waals surface area contributed by atoms with Crippen molar-refractivity contribution in [2.45, 2.75) is 31.9 Å². The van der Waals surface area contributed by atoms with E-state index in [1.54, 1.807) is 28.4 Å². The predicted octanol–water partition coefficient (Wildman–Crippen LogP) is 5.33. The zero-order chi connectivity index (χ0) is 21.5. The zero-order valence-corrected chi connectivity index (χ0v) is 18.2. The third kappa shape index (κ3) is 6.15. The third-order valence-electron chi connectivity index (χ3n) is 5.28. The van der Waals surface area contributed by atoms with Crippen LogP contribution >= 0.6 is 11.3 Å². The van der Waals surface area contributed by atoms with E-state index in [-0.39, 0.29) is 12.0 Å². The molecule has 2 heterocycles. The van der Waals surface area contributed by atoms with E-state index < -0.39 is 5.82 Å². The number of halogens is 1. The zero-order valence-electron chi connectivity index (χ0n) is 17.3. The average Bonchev–Trinajstić information content (AvgIpc) is 3.47. The fourth-order valence-electron chi connectivity index (χ4n) is 3.74. The van der Waals surface area contributed by atoms with Gasteiger partial charge >= 0.3 is 0 Å². The van der Waals surface area contributed by atoms with Crippen LogP contribution in [0.1, 0.15) is 33.6 Å². The number of nitrogens with zero attached hydrogens (tertiary/aromatic N) is 1. The molecule has 1 saturated heterocycles. The van der Waals surface area contributed by atoms with E-state index in [9.17, 15) is 9.18 Å². The van der Waals surface area contributed by atoms with Gasteiger partial charge in [0.05, 0.1) is 12.7 Å². The van der Waals surface area contributed by atoms with Crippen molar-refractivity contribution in [3.8, 4) is 5.75 Å². The number of hydrogen-bond donors (Lipinski definition) is 0. The van der Waals surface area contributed by atoms with E-state index in [0.717, 1.165) is 37.2 Å². The largest absolute Gasteiger partial charge is 0.493 e. The fraction of sp³-hybridized carbons (Fsp3) is 0.320. The van der Waals surface area contributed by atoms with E-state index in [1.165, 1.54) is 17.0 Å². The van der Waals surface area contributed by atoms with Crippen LogP contribution in [0.15, 0.2) is 66.0 Å². The lowest BCUT2D eigenvalue weighted by Gasteiger charge is -2.26. The summed E-state index contributed by atoms with van der Waals surface area (Å²) in [6.45, 7) is 2.22. The molecule has 4 nitrogen and oxygen atoms in total. The van der Waals surface area contributed by atoms with Crippen LogP contribution in [0.5, 0.6) is 5.75 Å². The normalized spacial score (nSPS) is 15.7. The number of hydrogen-bond acceptors (Lipinski definition) is 4. The second-order valence-electron chi connectivity index (χ2n) is 7.66. The number of amides is 1. The maximum Gasteiger partial charge on any atom is 0.254 e. The summed E-state index contributed by atoms with van der Waals surface area (Å²) in [4.78, 5) is 16.2. The number of carbonyl (C=O) groups is 1. The Hall–Kier alpha value is -2.70. The molecular formula is C25H26FNO3S. The van der Waals surface area contributed by atoms with E-state index in [0.29, 0.717) is 25.3 Å². The van der Waals surface area contributed by atoms with Crippen LogP contribution in [0.2, 0.25) is 0 Å². The Labute approximate surface area is 186 Å². The third-order valence-corrected chi connectivity index (χ3v) is 6.21. The Morgan fingerprint density at radius 1 is 1.16 bits per heavy atom. The molecule has 0 N–H and O–H groups in total. The molecule has 1 amide bonds. The summed E-state index contributed by atoms with van der Waals surface area (Å²) >= 11 is 1.72. The first-order chi connectivity index (χ1) is 15.2. The number of benzene rings is 2. The van der Waals surface area contributed by atoms with Crippen molar-refractivity contribution in [3.05, 3.63) is 87.9 Å². The molecule has 2 aromatic carbocycles. The number of carbonyl (C=O) groups excluding carboxylic acids is 1. The topological polar surface area (TPSA) is 38.8 Å². The highest BCUT2D eigenvalue weighted by molar-refractivity contribution is 7.09. The van der Waals surface area contributed by atoms with Crippen molar-refractivity contribution in [3.63, 3.8) is 0 Å². The number of rotatable bonds is 9. The van der Waals surface area contributed by atoms with Crippen LogP contribution in [0.4, 0.5) is 4.39 Å². The minimum atomic E-state index is -0.413. The smallest absolute Gasteiger partial charge is 0.254 e. The lowest BCUT2D eigenvalue weighted by atomic mass is 10.1. The van der Waals surface area contributed by atoms with E-state index in [2.05, 4.69) is 11.4 Å². The highest BCUT2D eigenvalue weighted by Gasteiger charge is 2.24. The van der Waals surface area contributed by atoms with Crippen molar-refractivity contribution in [1.82, 2.24) is 4.90 Å². The maximum atomic E-state index is 13.7. The van der Waals surface area contributed by atoms with Crippen LogP contribution in [-0.4, -0.2) is 36.7 Å². The van der Waals surface area contributed by atoms with Gasteiger partial charge in [-0.2, -0.15) is 0 Å². The molecule has 6 heteroatoms. The van der Waals surface area contributed by atoms with Gasteiger partial charge in [0.25, 0.3) is 5.91 Å². The molecule has 31 heavy (non-hydrogen) atoms. The van der Waals surface area contributed by atoms with Crippen LogP contribution in [0.3, 0.4) is 0 Å². The summed E-state index contributed by atoms with van der Waals surface area (Å²) in [7, 11) is 0. The van der Waals surface area contributed by atoms with Gasteiger partial charge in [0, 0.05) is 36.6 Å². The molecule has 3 aromatic rings. The quantitative estimate of drug-likeness (QED) is 0.452. The fourth-order valence-corrected chi connectivity index (χ4v) is 4.43. The molecule has 1 atom stereocenters. The van der Waals surface area contributed by atoms with Crippen LogP contribution in [0.25, 0.3) is 0 Å². The molecule has 4 rings (SSSR count). The van der Waals surface area contributed by atoms with Gasteiger partial charge in [0.1, 0.15) is 11.6 Å². The molecule has 1 aromatic heterocycles. The van der Waals surface area contributed by atoms with E-state index in [4.69, 9.17) is 9.47 Å². The summed E-state index contributed by atoms with van der Waals surface area (Å²) in [6.07, 6.45) is 2.81. The first-order valence-corrected chi connectivity index (χ1v) is 11.5. The average molecular weight is 440 g/mol. The van der Waals surface area contributed by atoms with Gasteiger partial charge < -0.3 is 14.4 Å². The van der Waals surface area contributed by atoms with E-state index >= 15 is 0 Å². The van der Waals surface area contributed by atoms with Crippen molar-refractivity contribution < 1.29 is 18.7 Å². The van der Waals surface area contributed by atoms with Crippen molar-refractivity contribution in [2.24, 2.45) is 0 Å². The highest BCUT2D eigenvalue weighted by Crippen LogP contribution is 2.20. The van der Waals surface area contributed by atoms with Crippen molar-refractivity contribution in [1.29, 1.82) is 0 Å². The number of ether oxygens (including phenoxy) is 2. The molecule has 0 radical (unpaired) electrons. The van der Waals surface area contributed by atoms with Gasteiger partial charge in [0.2, 0.25) is 0 Å². The number of thiophene rings is 1. The molecule has 0 saturated carbocycles. The lowest BCUT2D eigenvalue weighted by molar-refractivity contribution is 0.0507. The molecule has 0 spiro atoms. The lowest BCUT2D eigenvalue weighted by Crippen LogP contribution is -2.37. The van der Waals surface area contributed by atoms with Crippen LogP contribution in [0, 0.1) is 5.82 Å². The summed E-state index contributed by atoms with van der Waals surface area (Å²) < 4.78 is 25.4.